The molecule has 0 bridgehead atoms. The summed E-state index contributed by atoms with van der Waals surface area (Å²) in [6.07, 6.45) is 6.46. The van der Waals surface area contributed by atoms with Gasteiger partial charge in [-0.05, 0) is 49.7 Å². The van der Waals surface area contributed by atoms with Crippen molar-refractivity contribution in [3.63, 3.8) is 0 Å². The monoisotopic (exact) mass is 396 g/mol. The first-order valence-electron chi connectivity index (χ1n) is 8.78. The van der Waals surface area contributed by atoms with Crippen LogP contribution in [0.15, 0.2) is 29.2 Å². The van der Waals surface area contributed by atoms with Gasteiger partial charge in [0.2, 0.25) is 0 Å². The molecule has 0 atom stereocenters. The highest BCUT2D eigenvalue weighted by Crippen LogP contribution is 2.32. The zero-order valence-electron chi connectivity index (χ0n) is 14.8. The Kier molecular flexibility index (Phi) is 8.43. The topological polar surface area (TPSA) is 23.6 Å². The van der Waals surface area contributed by atoms with Gasteiger partial charge in [0.25, 0.3) is 5.91 Å². The molecule has 0 saturated carbocycles. The minimum absolute atomic E-state index is 0.00273. The molecule has 1 aliphatic heterocycles. The van der Waals surface area contributed by atoms with Crippen molar-refractivity contribution in [3.8, 4) is 0 Å². The van der Waals surface area contributed by atoms with E-state index in [1.807, 2.05) is 30.3 Å². The molecule has 3 nitrogen and oxygen atoms in total. The van der Waals surface area contributed by atoms with Crippen LogP contribution in [0.2, 0.25) is 5.02 Å². The Morgan fingerprint density at radius 2 is 1.76 bits per heavy atom. The standard InChI is InChI=1S/C19H25ClN2OS2/c1-3-5-11-21(12-6-4-2)14-22-18(23)17(25-19(22)24)13-15-7-9-16(20)10-8-15/h7-10,13H,3-6,11-12,14H2,1-2H3/b17-13+. The van der Waals surface area contributed by atoms with Crippen molar-refractivity contribution in [3.05, 3.63) is 39.8 Å². The van der Waals surface area contributed by atoms with E-state index >= 15 is 0 Å². The Labute approximate surface area is 165 Å². The van der Waals surface area contributed by atoms with Crippen molar-refractivity contribution in [1.29, 1.82) is 0 Å². The molecule has 25 heavy (non-hydrogen) atoms. The van der Waals surface area contributed by atoms with Crippen molar-refractivity contribution in [2.45, 2.75) is 39.5 Å². The maximum Gasteiger partial charge on any atom is 0.267 e. The summed E-state index contributed by atoms with van der Waals surface area (Å²) in [7, 11) is 0. The largest absolute Gasteiger partial charge is 0.286 e. The van der Waals surface area contributed by atoms with E-state index < -0.39 is 0 Å². The van der Waals surface area contributed by atoms with E-state index in [1.165, 1.54) is 11.8 Å². The fraction of sp³-hybridized carbons (Fsp3) is 0.474. The number of halogens is 1. The number of carbonyl (C=O) groups excluding carboxylic acids is 1. The van der Waals surface area contributed by atoms with Crippen LogP contribution in [-0.2, 0) is 4.79 Å². The molecule has 0 N–H and O–H groups in total. The van der Waals surface area contributed by atoms with Crippen LogP contribution in [0.25, 0.3) is 6.08 Å². The second kappa shape index (κ2) is 10.3. The van der Waals surface area contributed by atoms with Gasteiger partial charge in [0.1, 0.15) is 4.32 Å². The molecule has 6 heteroatoms. The van der Waals surface area contributed by atoms with Crippen LogP contribution in [0.4, 0.5) is 0 Å². The predicted molar refractivity (Wildman–Crippen MR) is 113 cm³/mol. The summed E-state index contributed by atoms with van der Waals surface area (Å²) in [5, 5.41) is 0.687. The molecule has 1 aromatic carbocycles. The van der Waals surface area contributed by atoms with Crippen LogP contribution in [0.1, 0.15) is 45.1 Å². The number of benzene rings is 1. The van der Waals surface area contributed by atoms with Crippen LogP contribution in [-0.4, -0.2) is 39.8 Å². The van der Waals surface area contributed by atoms with Gasteiger partial charge < -0.3 is 0 Å². The lowest BCUT2D eigenvalue weighted by Crippen LogP contribution is -2.41. The van der Waals surface area contributed by atoms with Crippen LogP contribution in [0, 0.1) is 0 Å². The Hall–Kier alpha value is -0.880. The van der Waals surface area contributed by atoms with E-state index in [0.717, 1.165) is 44.3 Å². The van der Waals surface area contributed by atoms with Gasteiger partial charge in [0.15, 0.2) is 0 Å². The van der Waals surface area contributed by atoms with Gasteiger partial charge in [-0.15, -0.1) is 0 Å². The van der Waals surface area contributed by atoms with Crippen LogP contribution < -0.4 is 0 Å². The fourth-order valence-corrected chi connectivity index (χ4v) is 3.92. The summed E-state index contributed by atoms with van der Waals surface area (Å²) < 4.78 is 0.642. The van der Waals surface area contributed by atoms with Crippen molar-refractivity contribution in [2.75, 3.05) is 19.8 Å². The van der Waals surface area contributed by atoms with Crippen LogP contribution in [0.3, 0.4) is 0 Å². The molecule has 0 aromatic heterocycles. The third-order valence-corrected chi connectivity index (χ3v) is 5.67. The van der Waals surface area contributed by atoms with E-state index in [9.17, 15) is 4.79 Å². The lowest BCUT2D eigenvalue weighted by Gasteiger charge is -2.27. The smallest absolute Gasteiger partial charge is 0.267 e. The number of rotatable bonds is 9. The molecule has 1 fully saturated rings. The second-order valence-electron chi connectivity index (χ2n) is 6.13. The maximum absolute atomic E-state index is 12.8. The molecular formula is C19H25ClN2OS2. The molecular weight excluding hydrogens is 372 g/mol. The summed E-state index contributed by atoms with van der Waals surface area (Å²) in [4.78, 5) is 17.5. The van der Waals surface area contributed by atoms with E-state index in [-0.39, 0.29) is 5.91 Å². The Morgan fingerprint density at radius 3 is 2.32 bits per heavy atom. The van der Waals surface area contributed by atoms with Gasteiger partial charge >= 0.3 is 0 Å². The first-order chi connectivity index (χ1) is 12.0. The molecule has 1 aromatic rings. The van der Waals surface area contributed by atoms with Gasteiger partial charge in [-0.2, -0.15) is 0 Å². The molecule has 1 heterocycles. The number of nitrogens with zero attached hydrogens (tertiary/aromatic N) is 2. The highest BCUT2D eigenvalue weighted by atomic mass is 35.5. The lowest BCUT2D eigenvalue weighted by molar-refractivity contribution is -0.123. The SMILES string of the molecule is CCCCN(CCCC)CN1C(=O)/C(=C\c2ccc(Cl)cc2)SC1=S. The number of amides is 1. The molecule has 0 radical (unpaired) electrons. The molecule has 1 aliphatic rings. The van der Waals surface area contributed by atoms with E-state index in [0.29, 0.717) is 20.9 Å². The Morgan fingerprint density at radius 1 is 1.16 bits per heavy atom. The summed E-state index contributed by atoms with van der Waals surface area (Å²) in [5.74, 6) is 0.00273. The first kappa shape index (κ1) is 20.4. The number of hydrogen-bond donors (Lipinski definition) is 0. The average Bonchev–Trinajstić information content (AvgIpc) is 2.86. The zero-order chi connectivity index (χ0) is 18.2. The van der Waals surface area contributed by atoms with Gasteiger partial charge in [-0.1, -0.05) is 74.4 Å². The number of thioether (sulfide) groups is 1. The van der Waals surface area contributed by atoms with Crippen molar-refractivity contribution in [1.82, 2.24) is 9.80 Å². The van der Waals surface area contributed by atoms with Crippen molar-refractivity contribution in [2.24, 2.45) is 0 Å². The predicted octanol–water partition coefficient (Wildman–Crippen LogP) is 5.40. The summed E-state index contributed by atoms with van der Waals surface area (Å²) in [6, 6.07) is 7.46. The van der Waals surface area contributed by atoms with Crippen molar-refractivity contribution < 1.29 is 4.79 Å². The van der Waals surface area contributed by atoms with Gasteiger partial charge in [0, 0.05) is 5.02 Å². The minimum atomic E-state index is 0.00273. The first-order valence-corrected chi connectivity index (χ1v) is 10.4. The van der Waals surface area contributed by atoms with Gasteiger partial charge in [-0.3, -0.25) is 14.6 Å². The molecule has 0 aliphatic carbocycles. The molecule has 0 spiro atoms. The summed E-state index contributed by atoms with van der Waals surface area (Å²) in [5.41, 5.74) is 0.957. The number of thiocarbonyl (C=S) groups is 1. The Balaban J connectivity index is 2.07. The zero-order valence-corrected chi connectivity index (χ0v) is 17.2. The molecule has 2 rings (SSSR count). The van der Waals surface area contributed by atoms with E-state index in [1.54, 1.807) is 4.90 Å². The number of hydrogen-bond acceptors (Lipinski definition) is 4. The second-order valence-corrected chi connectivity index (χ2v) is 8.24. The number of unbranched alkanes of at least 4 members (excludes halogenated alkanes) is 2. The average molecular weight is 397 g/mol. The number of carbonyl (C=O) groups is 1. The highest BCUT2D eigenvalue weighted by molar-refractivity contribution is 8.26. The molecule has 0 unspecified atom stereocenters. The third kappa shape index (κ3) is 6.10. The fourth-order valence-electron chi connectivity index (χ4n) is 2.55. The molecule has 1 amide bonds. The lowest BCUT2D eigenvalue weighted by atomic mass is 10.2. The molecule has 1 saturated heterocycles. The van der Waals surface area contributed by atoms with Crippen molar-refractivity contribution >= 4 is 51.9 Å². The van der Waals surface area contributed by atoms with Gasteiger partial charge in [0.05, 0.1) is 11.6 Å². The summed E-state index contributed by atoms with van der Waals surface area (Å²) >= 11 is 12.8. The van der Waals surface area contributed by atoms with Crippen LogP contribution in [0.5, 0.6) is 0 Å². The normalized spacial score (nSPS) is 16.5. The molecule has 136 valence electrons. The quantitative estimate of drug-likeness (QED) is 0.411. The third-order valence-electron chi connectivity index (χ3n) is 4.04. The highest BCUT2D eigenvalue weighted by Gasteiger charge is 2.32. The van der Waals surface area contributed by atoms with Crippen LogP contribution >= 0.6 is 35.6 Å². The van der Waals surface area contributed by atoms with Gasteiger partial charge in [-0.25, -0.2) is 0 Å². The summed E-state index contributed by atoms with van der Waals surface area (Å²) in [6.45, 7) is 6.97. The Bertz CT molecular complexity index is 623. The van der Waals surface area contributed by atoms with E-state index in [4.69, 9.17) is 23.8 Å². The maximum atomic E-state index is 12.8. The minimum Gasteiger partial charge on any atom is -0.286 e. The van der Waals surface area contributed by atoms with E-state index in [2.05, 4.69) is 18.7 Å².